The van der Waals surface area contributed by atoms with Crippen molar-refractivity contribution in [3.63, 3.8) is 0 Å². The summed E-state index contributed by atoms with van der Waals surface area (Å²) in [7, 11) is 0. The van der Waals surface area contributed by atoms with Crippen molar-refractivity contribution in [1.82, 2.24) is 15.8 Å². The van der Waals surface area contributed by atoms with Gasteiger partial charge in [-0.05, 0) is 26.3 Å². The summed E-state index contributed by atoms with van der Waals surface area (Å²) in [6.45, 7) is 7.96. The quantitative estimate of drug-likeness (QED) is 0.323. The van der Waals surface area contributed by atoms with Crippen molar-refractivity contribution in [3.05, 3.63) is 53.1 Å². The second-order valence-electron chi connectivity index (χ2n) is 5.83. The number of aryl methyl sites for hydroxylation is 2. The molecule has 0 aliphatic rings. The Hall–Kier alpha value is -2.03. The Balaban J connectivity index is 0.00000243. The van der Waals surface area contributed by atoms with Crippen molar-refractivity contribution in [3.8, 4) is 0 Å². The number of hydrogen-bond acceptors (Lipinski definition) is 4. The average Bonchev–Trinajstić information content (AvgIpc) is 3.22. The first-order valence-corrected chi connectivity index (χ1v) is 8.65. The number of aromatic nitrogens is 1. The van der Waals surface area contributed by atoms with Crippen LogP contribution in [0.4, 0.5) is 0 Å². The first-order valence-electron chi connectivity index (χ1n) is 8.65. The van der Waals surface area contributed by atoms with Crippen molar-refractivity contribution >= 4 is 40.9 Å². The van der Waals surface area contributed by atoms with Crippen LogP contribution < -0.4 is 10.6 Å². The highest BCUT2D eigenvalue weighted by molar-refractivity contribution is 14.0. The number of guanidine groups is 1. The van der Waals surface area contributed by atoms with E-state index >= 15 is 0 Å². The zero-order chi connectivity index (χ0) is 17.6. The zero-order valence-corrected chi connectivity index (χ0v) is 17.7. The molecule has 2 aromatic heterocycles. The molecular weight excluding hydrogens is 443 g/mol. The lowest BCUT2D eigenvalue weighted by Crippen LogP contribution is -2.36. The van der Waals surface area contributed by atoms with Gasteiger partial charge in [-0.2, -0.15) is 0 Å². The number of nitrogens with zero attached hydrogens (tertiary/aromatic N) is 2. The molecule has 6 nitrogen and oxygen atoms in total. The summed E-state index contributed by atoms with van der Waals surface area (Å²) in [6.07, 6.45) is 0.858. The minimum atomic E-state index is 0. The molecule has 1 aromatic carbocycles. The average molecular weight is 468 g/mol. The van der Waals surface area contributed by atoms with E-state index in [1.807, 2.05) is 38.1 Å². The first kappa shape index (κ1) is 20.3. The van der Waals surface area contributed by atoms with Gasteiger partial charge in [0.2, 0.25) is 0 Å². The number of rotatable bonds is 6. The highest BCUT2D eigenvalue weighted by Crippen LogP contribution is 2.24. The molecule has 0 atom stereocenters. The molecule has 0 aliphatic carbocycles. The maximum absolute atomic E-state index is 5.93. The van der Waals surface area contributed by atoms with E-state index in [0.717, 1.165) is 52.7 Å². The number of fused-ring (bicyclic) bond motifs is 1. The van der Waals surface area contributed by atoms with Crippen molar-refractivity contribution in [2.75, 3.05) is 6.54 Å². The Bertz CT molecular complexity index is 869. The van der Waals surface area contributed by atoms with Crippen molar-refractivity contribution in [2.24, 2.45) is 4.99 Å². The highest BCUT2D eigenvalue weighted by atomic mass is 127. The van der Waals surface area contributed by atoms with Crippen LogP contribution in [-0.2, 0) is 19.5 Å². The molecule has 0 fully saturated rings. The molecule has 3 rings (SSSR count). The van der Waals surface area contributed by atoms with Crippen molar-refractivity contribution in [1.29, 1.82) is 0 Å². The van der Waals surface area contributed by atoms with Gasteiger partial charge in [0.25, 0.3) is 0 Å². The topological polar surface area (TPSA) is 75.6 Å². The van der Waals surface area contributed by atoms with E-state index in [0.29, 0.717) is 13.1 Å². The molecule has 3 aromatic rings. The van der Waals surface area contributed by atoms with Crippen molar-refractivity contribution < 1.29 is 8.94 Å². The number of benzene rings is 1. The number of halogens is 1. The lowest BCUT2D eigenvalue weighted by atomic mass is 10.1. The summed E-state index contributed by atoms with van der Waals surface area (Å²) in [4.78, 5) is 4.55. The van der Waals surface area contributed by atoms with E-state index in [-0.39, 0.29) is 24.0 Å². The van der Waals surface area contributed by atoms with Crippen LogP contribution >= 0.6 is 24.0 Å². The third-order valence-electron chi connectivity index (χ3n) is 4.07. The molecule has 0 radical (unpaired) electrons. The predicted octanol–water partition coefficient (Wildman–Crippen LogP) is 4.16. The minimum Gasteiger partial charge on any atom is -0.459 e. The van der Waals surface area contributed by atoms with E-state index in [2.05, 4.69) is 33.8 Å². The summed E-state index contributed by atoms with van der Waals surface area (Å²) in [5.74, 6) is 2.39. The van der Waals surface area contributed by atoms with Gasteiger partial charge in [-0.3, -0.25) is 0 Å². The van der Waals surface area contributed by atoms with Crippen LogP contribution in [0.3, 0.4) is 0 Å². The Labute approximate surface area is 170 Å². The smallest absolute Gasteiger partial charge is 0.192 e. The van der Waals surface area contributed by atoms with Gasteiger partial charge in [-0.15, -0.1) is 24.0 Å². The van der Waals surface area contributed by atoms with Crippen LogP contribution in [0.25, 0.3) is 11.0 Å². The molecule has 26 heavy (non-hydrogen) atoms. The first-order chi connectivity index (χ1) is 12.2. The van der Waals surface area contributed by atoms with Crippen LogP contribution in [0, 0.1) is 6.92 Å². The fraction of sp³-hybridized carbons (Fsp3) is 0.368. The molecule has 2 N–H and O–H groups in total. The molecule has 0 aliphatic heterocycles. The number of hydrogen-bond donors (Lipinski definition) is 2. The van der Waals surface area contributed by atoms with Crippen LogP contribution in [-0.4, -0.2) is 17.7 Å². The second-order valence-corrected chi connectivity index (χ2v) is 5.83. The van der Waals surface area contributed by atoms with Crippen LogP contribution in [0.15, 0.2) is 44.3 Å². The second kappa shape index (κ2) is 9.61. The van der Waals surface area contributed by atoms with Gasteiger partial charge < -0.3 is 19.6 Å². The number of furan rings is 1. The molecule has 0 bridgehead atoms. The number of para-hydroxylation sites is 1. The van der Waals surface area contributed by atoms with E-state index < -0.39 is 0 Å². The molecule has 0 saturated heterocycles. The third-order valence-corrected chi connectivity index (χ3v) is 4.07. The van der Waals surface area contributed by atoms with E-state index in [4.69, 9.17) is 8.94 Å². The van der Waals surface area contributed by atoms with E-state index in [9.17, 15) is 0 Å². The number of aliphatic imine (C=N–C) groups is 1. The fourth-order valence-corrected chi connectivity index (χ4v) is 2.65. The Morgan fingerprint density at radius 2 is 2.00 bits per heavy atom. The molecule has 7 heteroatoms. The van der Waals surface area contributed by atoms with Crippen LogP contribution in [0.2, 0.25) is 0 Å². The molecule has 140 valence electrons. The third kappa shape index (κ3) is 4.78. The van der Waals surface area contributed by atoms with Gasteiger partial charge in [-0.25, -0.2) is 4.99 Å². The molecular formula is C19H25IN4O2. The zero-order valence-electron chi connectivity index (χ0n) is 15.3. The van der Waals surface area contributed by atoms with Gasteiger partial charge in [0, 0.05) is 23.6 Å². The fourth-order valence-electron chi connectivity index (χ4n) is 2.65. The minimum absolute atomic E-state index is 0. The SMILES string of the molecule is CCNC(=NCc1cc(CC)no1)NCc1oc2ccccc2c1C.I. The molecule has 0 unspecified atom stereocenters. The Morgan fingerprint density at radius 1 is 1.19 bits per heavy atom. The van der Waals surface area contributed by atoms with Gasteiger partial charge >= 0.3 is 0 Å². The highest BCUT2D eigenvalue weighted by Gasteiger charge is 2.10. The van der Waals surface area contributed by atoms with E-state index in [1.165, 1.54) is 0 Å². The normalized spacial score (nSPS) is 11.4. The Morgan fingerprint density at radius 3 is 2.69 bits per heavy atom. The van der Waals surface area contributed by atoms with Gasteiger partial charge in [0.15, 0.2) is 11.7 Å². The van der Waals surface area contributed by atoms with Crippen molar-refractivity contribution in [2.45, 2.75) is 40.3 Å². The molecule has 0 spiro atoms. The maximum atomic E-state index is 5.93. The van der Waals surface area contributed by atoms with Gasteiger partial charge in [-0.1, -0.05) is 30.3 Å². The summed E-state index contributed by atoms with van der Waals surface area (Å²) in [6, 6.07) is 10.0. The van der Waals surface area contributed by atoms with Gasteiger partial charge in [0.05, 0.1) is 12.2 Å². The predicted molar refractivity (Wildman–Crippen MR) is 114 cm³/mol. The number of nitrogens with one attached hydrogen (secondary N) is 2. The van der Waals surface area contributed by atoms with Crippen LogP contribution in [0.1, 0.15) is 36.6 Å². The maximum Gasteiger partial charge on any atom is 0.192 e. The van der Waals surface area contributed by atoms with Gasteiger partial charge in [0.1, 0.15) is 17.9 Å². The lowest BCUT2D eigenvalue weighted by molar-refractivity contribution is 0.379. The Kier molecular flexibility index (Phi) is 7.50. The molecule has 0 saturated carbocycles. The molecule has 0 amide bonds. The monoisotopic (exact) mass is 468 g/mol. The molecule has 2 heterocycles. The standard InChI is InChI=1S/C19H24N4O2.HI/c1-4-14-10-15(25-23-14)11-21-19(20-5-2)22-12-18-13(3)16-8-6-7-9-17(16)24-18;/h6-10H,4-5,11-12H2,1-3H3,(H2,20,21,22);1H. The summed E-state index contributed by atoms with van der Waals surface area (Å²) < 4.78 is 11.2. The summed E-state index contributed by atoms with van der Waals surface area (Å²) in [5, 5.41) is 11.7. The summed E-state index contributed by atoms with van der Waals surface area (Å²) in [5.41, 5.74) is 3.01. The summed E-state index contributed by atoms with van der Waals surface area (Å²) >= 11 is 0. The van der Waals surface area contributed by atoms with Crippen LogP contribution in [0.5, 0.6) is 0 Å². The van der Waals surface area contributed by atoms with E-state index in [1.54, 1.807) is 0 Å². The lowest BCUT2D eigenvalue weighted by Gasteiger charge is -2.10. The largest absolute Gasteiger partial charge is 0.459 e.